The van der Waals surface area contributed by atoms with Crippen LogP contribution in [0.4, 0.5) is 14.5 Å². The van der Waals surface area contributed by atoms with Crippen LogP contribution in [0.25, 0.3) is 0 Å². The van der Waals surface area contributed by atoms with Gasteiger partial charge >= 0.3 is 10.2 Å². The van der Waals surface area contributed by atoms with E-state index in [0.717, 1.165) is 28.7 Å². The van der Waals surface area contributed by atoms with E-state index in [1.165, 1.54) is 16.4 Å². The monoisotopic (exact) mass is 498 g/mol. The Morgan fingerprint density at radius 2 is 1.51 bits per heavy atom. The number of piperidine rings is 1. The third kappa shape index (κ3) is 4.90. The maximum atomic E-state index is 14.1. The highest BCUT2D eigenvalue weighted by atomic mass is 32.2. The molecule has 1 aliphatic heterocycles. The van der Waals surface area contributed by atoms with E-state index in [0.29, 0.717) is 43.8 Å². The van der Waals surface area contributed by atoms with E-state index < -0.39 is 10.2 Å². The van der Waals surface area contributed by atoms with Crippen LogP contribution in [-0.4, -0.2) is 32.9 Å². The number of nitrogens with one attached hydrogen (secondary N) is 1. The Morgan fingerprint density at radius 3 is 2.09 bits per heavy atom. The van der Waals surface area contributed by atoms with Crippen molar-refractivity contribution in [2.75, 3.05) is 24.9 Å². The Morgan fingerprint density at radius 1 is 0.914 bits per heavy atom. The number of halogens is 2. The van der Waals surface area contributed by atoms with Crippen molar-refractivity contribution in [2.45, 2.75) is 31.6 Å². The summed E-state index contributed by atoms with van der Waals surface area (Å²) in [7, 11) is -2.23. The lowest BCUT2D eigenvalue weighted by Crippen LogP contribution is -2.44. The molecule has 1 unspecified atom stereocenters. The molecule has 35 heavy (non-hydrogen) atoms. The molecule has 3 aromatic carbocycles. The number of hydrogen-bond donors (Lipinski definition) is 1. The lowest BCUT2D eigenvalue weighted by Gasteiger charge is -2.37. The summed E-state index contributed by atoms with van der Waals surface area (Å²) in [5.41, 5.74) is 4.28. The maximum absolute atomic E-state index is 14.1. The van der Waals surface area contributed by atoms with E-state index in [1.807, 2.05) is 12.1 Å². The van der Waals surface area contributed by atoms with Crippen LogP contribution in [0.1, 0.15) is 41.0 Å². The van der Waals surface area contributed by atoms with Gasteiger partial charge in [0, 0.05) is 19.0 Å². The van der Waals surface area contributed by atoms with Gasteiger partial charge in [-0.15, -0.1) is 0 Å². The highest BCUT2D eigenvalue weighted by molar-refractivity contribution is 7.90. The number of hydrogen-bond acceptors (Lipinski definition) is 3. The molecule has 1 aliphatic carbocycles. The fraction of sp³-hybridized carbons (Fsp3) is 0.333. The molecular formula is C27H28F2N2O3S. The summed E-state index contributed by atoms with van der Waals surface area (Å²) < 4.78 is 64.0. The average Bonchev–Trinajstić information content (AvgIpc) is 3.00. The van der Waals surface area contributed by atoms with E-state index in [4.69, 9.17) is 4.74 Å². The van der Waals surface area contributed by atoms with Crippen LogP contribution in [0.3, 0.4) is 0 Å². The first kappa shape index (κ1) is 23.8. The summed E-state index contributed by atoms with van der Waals surface area (Å²) in [6.45, 7) is 0.741. The lowest BCUT2D eigenvalue weighted by atomic mass is 9.75. The lowest BCUT2D eigenvalue weighted by molar-refractivity contribution is 0.249. The van der Waals surface area contributed by atoms with Gasteiger partial charge in [0.2, 0.25) is 0 Å². The molecule has 0 spiro atoms. The summed E-state index contributed by atoms with van der Waals surface area (Å²) in [4.78, 5) is 0. The number of aryl methyl sites for hydroxylation is 2. The molecule has 3 aromatic rings. The number of ether oxygens (including phenoxy) is 1. The highest BCUT2D eigenvalue weighted by Gasteiger charge is 2.37. The Bertz CT molecular complexity index is 1280. The van der Waals surface area contributed by atoms with Crippen LogP contribution in [-0.2, 0) is 23.1 Å². The summed E-state index contributed by atoms with van der Waals surface area (Å²) in [5.74, 6) is -0.109. The topological polar surface area (TPSA) is 58.6 Å². The second kappa shape index (κ2) is 9.59. The van der Waals surface area contributed by atoms with Crippen molar-refractivity contribution in [3.8, 4) is 5.75 Å². The number of rotatable bonds is 5. The van der Waals surface area contributed by atoms with Crippen LogP contribution in [0.2, 0.25) is 0 Å². The smallest absolute Gasteiger partial charge is 0.301 e. The molecule has 2 aliphatic rings. The van der Waals surface area contributed by atoms with Gasteiger partial charge in [0.1, 0.15) is 17.4 Å². The van der Waals surface area contributed by atoms with Gasteiger partial charge in [-0.1, -0.05) is 12.1 Å². The van der Waals surface area contributed by atoms with Crippen molar-refractivity contribution >= 4 is 15.9 Å². The van der Waals surface area contributed by atoms with Crippen LogP contribution in [0.15, 0.2) is 60.7 Å². The molecule has 1 N–H and O–H groups in total. The zero-order valence-corrected chi connectivity index (χ0v) is 20.3. The number of benzene rings is 3. The minimum atomic E-state index is -3.78. The molecule has 1 atom stereocenters. The van der Waals surface area contributed by atoms with Crippen molar-refractivity contribution in [3.05, 3.63) is 94.6 Å². The molecule has 0 saturated carbocycles. The van der Waals surface area contributed by atoms with Gasteiger partial charge in [0.25, 0.3) is 0 Å². The average molecular weight is 499 g/mol. The molecule has 5 nitrogen and oxygen atoms in total. The first-order valence-electron chi connectivity index (χ1n) is 11.8. The SMILES string of the molecule is COc1ccc(NS(=O)(=O)N2CCCC(C3c4ccc(F)cc4CCc4cc(F)ccc43)C2)cc1. The normalized spacial score (nSPS) is 18.9. The summed E-state index contributed by atoms with van der Waals surface area (Å²) in [6, 6.07) is 16.4. The van der Waals surface area contributed by atoms with E-state index in [9.17, 15) is 17.2 Å². The standard InChI is InChI=1S/C27H28F2N2O3S/c1-34-24-10-8-23(9-11-24)30-35(32,33)31-14-2-3-20(17-31)27-25-12-6-21(28)15-18(25)4-5-19-16-22(29)7-13-26(19)27/h6-13,15-16,20,27,30H,2-5,14,17H2,1H3. The van der Waals surface area contributed by atoms with Crippen molar-refractivity contribution in [2.24, 2.45) is 5.92 Å². The highest BCUT2D eigenvalue weighted by Crippen LogP contribution is 2.43. The Labute approximate surface area is 204 Å². The quantitative estimate of drug-likeness (QED) is 0.521. The van der Waals surface area contributed by atoms with Gasteiger partial charge in [-0.25, -0.2) is 8.78 Å². The van der Waals surface area contributed by atoms with Crippen molar-refractivity contribution in [3.63, 3.8) is 0 Å². The van der Waals surface area contributed by atoms with Crippen molar-refractivity contribution < 1.29 is 21.9 Å². The molecule has 0 radical (unpaired) electrons. The van der Waals surface area contributed by atoms with Crippen molar-refractivity contribution in [1.82, 2.24) is 4.31 Å². The van der Waals surface area contributed by atoms with Crippen molar-refractivity contribution in [1.29, 1.82) is 0 Å². The zero-order valence-electron chi connectivity index (χ0n) is 19.5. The predicted octanol–water partition coefficient (Wildman–Crippen LogP) is 5.27. The molecule has 1 fully saturated rings. The molecule has 1 saturated heterocycles. The van der Waals surface area contributed by atoms with Crippen LogP contribution in [0.5, 0.6) is 5.75 Å². The maximum Gasteiger partial charge on any atom is 0.301 e. The Hall–Kier alpha value is -2.97. The van der Waals surface area contributed by atoms with Gasteiger partial charge in [0.05, 0.1) is 12.8 Å². The first-order valence-corrected chi connectivity index (χ1v) is 13.3. The largest absolute Gasteiger partial charge is 0.497 e. The van der Waals surface area contributed by atoms with E-state index in [-0.39, 0.29) is 23.5 Å². The molecule has 0 bridgehead atoms. The molecule has 0 amide bonds. The van der Waals surface area contributed by atoms with E-state index >= 15 is 0 Å². The van der Waals surface area contributed by atoms with Crippen LogP contribution >= 0.6 is 0 Å². The zero-order chi connectivity index (χ0) is 24.6. The minimum absolute atomic E-state index is 0.0253. The van der Waals surface area contributed by atoms with E-state index in [1.54, 1.807) is 43.5 Å². The predicted molar refractivity (Wildman–Crippen MR) is 132 cm³/mol. The van der Waals surface area contributed by atoms with E-state index in [2.05, 4.69) is 4.72 Å². The Kier molecular flexibility index (Phi) is 6.51. The third-order valence-electron chi connectivity index (χ3n) is 7.11. The number of anilines is 1. The third-order valence-corrected chi connectivity index (χ3v) is 8.62. The first-order chi connectivity index (χ1) is 16.8. The van der Waals surface area contributed by atoms with Gasteiger partial charge in [-0.05, 0) is 102 Å². The van der Waals surface area contributed by atoms with Gasteiger partial charge in [-0.3, -0.25) is 4.72 Å². The van der Waals surface area contributed by atoms with Gasteiger partial charge in [0.15, 0.2) is 0 Å². The fourth-order valence-electron chi connectivity index (χ4n) is 5.47. The van der Waals surface area contributed by atoms with Crippen LogP contribution in [0, 0.1) is 17.6 Å². The number of fused-ring (bicyclic) bond motifs is 2. The molecular weight excluding hydrogens is 470 g/mol. The Balaban J connectivity index is 1.46. The summed E-state index contributed by atoms with van der Waals surface area (Å²) >= 11 is 0. The summed E-state index contributed by atoms with van der Waals surface area (Å²) in [5, 5.41) is 0. The molecule has 8 heteroatoms. The second-order valence-corrected chi connectivity index (χ2v) is 10.9. The summed E-state index contributed by atoms with van der Waals surface area (Å²) in [6.07, 6.45) is 2.77. The second-order valence-electron chi connectivity index (χ2n) is 9.26. The molecule has 1 heterocycles. The van der Waals surface area contributed by atoms with Gasteiger partial charge in [-0.2, -0.15) is 12.7 Å². The molecule has 5 rings (SSSR count). The minimum Gasteiger partial charge on any atom is -0.497 e. The number of methoxy groups -OCH3 is 1. The number of nitrogens with zero attached hydrogens (tertiary/aromatic N) is 1. The van der Waals surface area contributed by atoms with Crippen LogP contribution < -0.4 is 9.46 Å². The molecule has 0 aromatic heterocycles. The van der Waals surface area contributed by atoms with Gasteiger partial charge < -0.3 is 4.74 Å². The fourth-order valence-corrected chi connectivity index (χ4v) is 6.79. The molecule has 184 valence electrons.